The lowest BCUT2D eigenvalue weighted by molar-refractivity contribution is -0.115. The molecule has 2 aliphatic rings. The van der Waals surface area contributed by atoms with Crippen LogP contribution < -0.4 is 41.3 Å². The Labute approximate surface area is 356 Å². The largest absolute Gasteiger partial charge is 0.492 e. The summed E-state index contributed by atoms with van der Waals surface area (Å²) in [5.74, 6) is 1.56. The molecule has 1 spiro atoms. The van der Waals surface area contributed by atoms with Crippen LogP contribution in [0.3, 0.4) is 0 Å². The maximum Gasteiger partial charge on any atom is 0.171 e. The molecule has 10 aromatic carbocycles. The van der Waals surface area contributed by atoms with Crippen LogP contribution in [0, 0.1) is 0 Å². The number of rotatable bonds is 7. The predicted octanol–water partition coefficient (Wildman–Crippen LogP) is 10.5. The number of hydrogen-bond donors (Lipinski definition) is 0. The lowest BCUT2D eigenvalue weighted by Gasteiger charge is -2.33. The van der Waals surface area contributed by atoms with Crippen molar-refractivity contribution < 1.29 is 14.3 Å². The van der Waals surface area contributed by atoms with Crippen LogP contribution in [0.15, 0.2) is 206 Å². The fourth-order valence-corrected chi connectivity index (χ4v) is 15.1. The molecule has 61 heavy (non-hydrogen) atoms. The van der Waals surface area contributed by atoms with Crippen LogP contribution in [-0.2, 0) is 10.2 Å². The topological polar surface area (TPSA) is 35.5 Å². The molecule has 2 heterocycles. The standard InChI is InChI=1S/C56H38O3P2/c57-35-53-56(55-50(59-53)20-10-22-52(55)61(47-29-25-39-13-3-7-17-43(39)33-47)48-30-26-40-14-4-8-18-44(40)34-48)36-58-49-19-9-21-51(54(49)56)60(45-27-23-37-11-1-5-15-41(37)31-45)46-28-24-38-12-2-6-16-42(38)32-46/h1-35,53H,36H2/t53-,56?/m1/s1. The SMILES string of the molecule is O=C[C@H]1Oc2cccc(P(c3ccc4ccccc4c3)c3ccc4ccccc4c3)c2C12COc1cccc(P(c3ccc4ccccc4c3)c3ccc4ccccc4c3)c12. The highest BCUT2D eigenvalue weighted by Crippen LogP contribution is 2.56. The highest BCUT2D eigenvalue weighted by atomic mass is 31.1. The van der Waals surface area contributed by atoms with Crippen LogP contribution in [-0.4, -0.2) is 19.0 Å². The van der Waals surface area contributed by atoms with Crippen LogP contribution in [0.5, 0.6) is 11.5 Å². The first-order valence-corrected chi connectivity index (χ1v) is 23.4. The third-order valence-electron chi connectivity index (χ3n) is 12.7. The van der Waals surface area contributed by atoms with Crippen molar-refractivity contribution in [1.82, 2.24) is 0 Å². The smallest absolute Gasteiger partial charge is 0.171 e. The molecule has 0 amide bonds. The molecule has 12 rings (SSSR count). The Morgan fingerprint density at radius 2 is 0.770 bits per heavy atom. The summed E-state index contributed by atoms with van der Waals surface area (Å²) in [4.78, 5) is 13.7. The third kappa shape index (κ3) is 5.83. The minimum Gasteiger partial charge on any atom is -0.492 e. The molecule has 0 saturated heterocycles. The Kier molecular flexibility index (Phi) is 8.63. The number of benzene rings is 10. The summed E-state index contributed by atoms with van der Waals surface area (Å²) in [5, 5.41) is 16.9. The first-order chi connectivity index (χ1) is 30.2. The Bertz CT molecular complexity index is 3040. The number of ether oxygens (including phenoxy) is 2. The Morgan fingerprint density at radius 3 is 1.16 bits per heavy atom. The normalized spacial score (nSPS) is 16.7. The second-order valence-corrected chi connectivity index (χ2v) is 20.4. The molecule has 0 N–H and O–H groups in total. The zero-order valence-corrected chi connectivity index (χ0v) is 34.9. The molecule has 5 heteroatoms. The van der Waals surface area contributed by atoms with E-state index in [1.165, 1.54) is 74.9 Å². The van der Waals surface area contributed by atoms with Gasteiger partial charge in [0.1, 0.15) is 23.5 Å². The molecule has 10 aromatic rings. The van der Waals surface area contributed by atoms with E-state index in [2.05, 4.69) is 206 Å². The average molecular weight is 821 g/mol. The summed E-state index contributed by atoms with van der Waals surface area (Å²) >= 11 is 0. The zero-order valence-electron chi connectivity index (χ0n) is 33.1. The van der Waals surface area contributed by atoms with Crippen molar-refractivity contribution in [3.05, 3.63) is 217 Å². The van der Waals surface area contributed by atoms with Gasteiger partial charge >= 0.3 is 0 Å². The van der Waals surface area contributed by atoms with E-state index in [9.17, 15) is 4.79 Å². The Morgan fingerprint density at radius 1 is 0.410 bits per heavy atom. The van der Waals surface area contributed by atoms with E-state index >= 15 is 0 Å². The van der Waals surface area contributed by atoms with Gasteiger partial charge in [-0.25, -0.2) is 0 Å². The summed E-state index contributed by atoms with van der Waals surface area (Å²) in [6.07, 6.45) is 0.225. The molecular formula is C56H38O3P2. The Balaban J connectivity index is 1.12. The maximum absolute atomic E-state index is 13.7. The molecule has 0 aromatic heterocycles. The fourth-order valence-electron chi connectivity index (χ4n) is 9.85. The molecule has 1 unspecified atom stereocenters. The summed E-state index contributed by atoms with van der Waals surface area (Å²) in [6.45, 7) is 0.296. The van der Waals surface area contributed by atoms with Gasteiger partial charge in [-0.2, -0.15) is 0 Å². The molecule has 3 nitrogen and oxygen atoms in total. The van der Waals surface area contributed by atoms with Crippen LogP contribution in [0.25, 0.3) is 43.1 Å². The van der Waals surface area contributed by atoms with Crippen molar-refractivity contribution in [2.75, 3.05) is 6.61 Å². The van der Waals surface area contributed by atoms with E-state index in [4.69, 9.17) is 9.47 Å². The van der Waals surface area contributed by atoms with E-state index in [1.807, 2.05) is 0 Å². The molecule has 0 saturated carbocycles. The highest BCUT2D eigenvalue weighted by Gasteiger charge is 2.58. The van der Waals surface area contributed by atoms with Crippen molar-refractivity contribution in [3.63, 3.8) is 0 Å². The summed E-state index contributed by atoms with van der Waals surface area (Å²) < 4.78 is 13.8. The molecule has 0 radical (unpaired) electrons. The van der Waals surface area contributed by atoms with Gasteiger partial charge in [0.05, 0.1) is 0 Å². The van der Waals surface area contributed by atoms with Crippen molar-refractivity contribution in [2.45, 2.75) is 11.5 Å². The first kappa shape index (κ1) is 36.2. The van der Waals surface area contributed by atoms with Gasteiger partial charge < -0.3 is 9.47 Å². The minimum absolute atomic E-state index is 0.296. The van der Waals surface area contributed by atoms with Crippen molar-refractivity contribution in [1.29, 1.82) is 0 Å². The quantitative estimate of drug-likeness (QED) is 0.119. The van der Waals surface area contributed by atoms with Gasteiger partial charge in [0.15, 0.2) is 12.4 Å². The van der Waals surface area contributed by atoms with E-state index in [1.54, 1.807) is 0 Å². The number of carbonyl (C=O) groups is 1. The van der Waals surface area contributed by atoms with Gasteiger partial charge in [-0.3, -0.25) is 4.79 Å². The van der Waals surface area contributed by atoms with Crippen LogP contribution in [0.2, 0.25) is 0 Å². The van der Waals surface area contributed by atoms with E-state index in [0.717, 1.165) is 28.9 Å². The number of aldehydes is 1. The molecule has 0 aliphatic carbocycles. The van der Waals surface area contributed by atoms with E-state index in [0.29, 0.717) is 6.61 Å². The van der Waals surface area contributed by atoms with E-state index < -0.39 is 27.4 Å². The third-order valence-corrected chi connectivity index (χ3v) is 17.6. The second-order valence-electron chi connectivity index (χ2n) is 16.0. The van der Waals surface area contributed by atoms with Gasteiger partial charge in [0.25, 0.3) is 0 Å². The monoisotopic (exact) mass is 820 g/mol. The average Bonchev–Trinajstić information content (AvgIpc) is 3.87. The lowest BCUT2D eigenvalue weighted by atomic mass is 9.73. The minimum atomic E-state index is -1.15. The van der Waals surface area contributed by atoms with Crippen LogP contribution in [0.4, 0.5) is 0 Å². The van der Waals surface area contributed by atoms with E-state index in [-0.39, 0.29) is 0 Å². The highest BCUT2D eigenvalue weighted by molar-refractivity contribution is 7.80. The van der Waals surface area contributed by atoms with Gasteiger partial charge in [-0.1, -0.05) is 170 Å². The molecule has 290 valence electrons. The van der Waals surface area contributed by atoms with Crippen molar-refractivity contribution in [2.24, 2.45) is 0 Å². The molecule has 0 fully saturated rings. The zero-order chi connectivity index (χ0) is 40.5. The lowest BCUT2D eigenvalue weighted by Crippen LogP contribution is -2.47. The molecule has 2 atom stereocenters. The summed E-state index contributed by atoms with van der Waals surface area (Å²) in [5.41, 5.74) is 1.21. The summed E-state index contributed by atoms with van der Waals surface area (Å²) in [7, 11) is -2.30. The molecular weight excluding hydrogens is 783 g/mol. The van der Waals surface area contributed by atoms with Crippen molar-refractivity contribution >= 4 is 97.0 Å². The van der Waals surface area contributed by atoms with Gasteiger partial charge in [0, 0.05) is 11.1 Å². The first-order valence-electron chi connectivity index (χ1n) is 20.7. The molecule has 0 bridgehead atoms. The van der Waals surface area contributed by atoms with Crippen LogP contribution >= 0.6 is 15.8 Å². The number of fused-ring (bicyclic) bond motifs is 8. The molecule has 2 aliphatic heterocycles. The van der Waals surface area contributed by atoms with Gasteiger partial charge in [-0.05, 0) is 127 Å². The van der Waals surface area contributed by atoms with Crippen molar-refractivity contribution in [3.8, 4) is 11.5 Å². The van der Waals surface area contributed by atoms with Crippen LogP contribution in [0.1, 0.15) is 11.1 Å². The van der Waals surface area contributed by atoms with Gasteiger partial charge in [-0.15, -0.1) is 0 Å². The maximum atomic E-state index is 13.7. The fraction of sp³-hybridized carbons (Fsp3) is 0.0536. The Hall–Kier alpha value is -6.63. The predicted molar refractivity (Wildman–Crippen MR) is 257 cm³/mol. The number of carbonyl (C=O) groups excluding carboxylic acids is 1. The summed E-state index contributed by atoms with van der Waals surface area (Å²) in [6, 6.07) is 74.9. The second kappa shape index (κ2) is 14.5. The number of hydrogen-bond acceptors (Lipinski definition) is 3. The van der Waals surface area contributed by atoms with Gasteiger partial charge in [0.2, 0.25) is 0 Å².